The molecule has 0 bridgehead atoms. The molecule has 32 heavy (non-hydrogen) atoms. The molecule has 0 aliphatic carbocycles. The molecule has 8 nitrogen and oxygen atoms in total. The molecular weight excluding hydrogens is 408 g/mol. The second kappa shape index (κ2) is 9.05. The number of methoxy groups -OCH3 is 1. The van der Waals surface area contributed by atoms with Crippen molar-refractivity contribution in [1.82, 2.24) is 10.4 Å². The summed E-state index contributed by atoms with van der Waals surface area (Å²) in [4.78, 5) is 28.2. The summed E-state index contributed by atoms with van der Waals surface area (Å²) in [5.41, 5.74) is 4.17. The van der Waals surface area contributed by atoms with Gasteiger partial charge in [0.05, 0.1) is 23.8 Å². The maximum absolute atomic E-state index is 13.1. The number of hydrogen-bond acceptors (Lipinski definition) is 6. The van der Waals surface area contributed by atoms with Crippen LogP contribution in [-0.4, -0.2) is 29.1 Å². The number of pyridine rings is 1. The molecule has 0 unspecified atom stereocenters. The van der Waals surface area contributed by atoms with Crippen LogP contribution in [0.15, 0.2) is 84.0 Å². The molecule has 1 heterocycles. The molecule has 1 amide bonds. The number of benzene rings is 3. The van der Waals surface area contributed by atoms with E-state index < -0.39 is 10.8 Å². The second-order valence-corrected chi connectivity index (χ2v) is 6.77. The Morgan fingerprint density at radius 1 is 1.00 bits per heavy atom. The lowest BCUT2D eigenvalue weighted by Gasteiger charge is -2.14. The first-order valence-electron chi connectivity index (χ1n) is 9.69. The van der Waals surface area contributed by atoms with E-state index in [2.05, 4.69) is 15.5 Å². The topological polar surface area (TPSA) is 107 Å². The number of nitrogens with zero attached hydrogens (tertiary/aromatic N) is 3. The Hall–Kier alpha value is -4.59. The molecule has 0 spiro atoms. The van der Waals surface area contributed by atoms with E-state index in [9.17, 15) is 14.9 Å². The van der Waals surface area contributed by atoms with Crippen molar-refractivity contribution in [3.05, 3.63) is 100 Å². The number of fused-ring (bicyclic) bond motifs is 1. The maximum atomic E-state index is 13.1. The molecule has 4 rings (SSSR count). The Kier molecular flexibility index (Phi) is 5.85. The fourth-order valence-corrected chi connectivity index (χ4v) is 3.43. The van der Waals surface area contributed by atoms with E-state index in [-0.39, 0.29) is 16.9 Å². The Balaban J connectivity index is 1.77. The van der Waals surface area contributed by atoms with Crippen LogP contribution in [0.5, 0.6) is 5.88 Å². The van der Waals surface area contributed by atoms with E-state index in [1.165, 1.54) is 19.4 Å². The van der Waals surface area contributed by atoms with Gasteiger partial charge in [0.2, 0.25) is 5.88 Å². The van der Waals surface area contributed by atoms with Crippen molar-refractivity contribution >= 4 is 28.6 Å². The Morgan fingerprint density at radius 2 is 1.66 bits per heavy atom. The number of carbonyl (C=O) groups excluding carboxylic acids is 1. The molecule has 8 heteroatoms. The molecule has 0 fully saturated rings. The Bertz CT molecular complexity index is 1340. The number of nitro benzene ring substituents is 1. The average molecular weight is 426 g/mol. The van der Waals surface area contributed by atoms with Crippen LogP contribution in [0.3, 0.4) is 0 Å². The van der Waals surface area contributed by atoms with Crippen LogP contribution in [0.1, 0.15) is 16.1 Å². The summed E-state index contributed by atoms with van der Waals surface area (Å²) in [6, 6.07) is 23.1. The van der Waals surface area contributed by atoms with Crippen LogP contribution in [0.4, 0.5) is 5.69 Å². The number of ether oxygens (including phenoxy) is 1. The van der Waals surface area contributed by atoms with Gasteiger partial charge in [0.15, 0.2) is 0 Å². The van der Waals surface area contributed by atoms with E-state index in [4.69, 9.17) is 4.74 Å². The van der Waals surface area contributed by atoms with Crippen LogP contribution < -0.4 is 10.2 Å². The fourth-order valence-electron chi connectivity index (χ4n) is 3.43. The highest BCUT2D eigenvalue weighted by Gasteiger charge is 2.21. The second-order valence-electron chi connectivity index (χ2n) is 6.77. The van der Waals surface area contributed by atoms with Gasteiger partial charge < -0.3 is 4.74 Å². The molecule has 0 saturated carbocycles. The van der Waals surface area contributed by atoms with Gasteiger partial charge in [0, 0.05) is 17.0 Å². The van der Waals surface area contributed by atoms with Crippen LogP contribution >= 0.6 is 0 Å². The summed E-state index contributed by atoms with van der Waals surface area (Å²) >= 11 is 0. The molecule has 0 radical (unpaired) electrons. The average Bonchev–Trinajstić information content (AvgIpc) is 2.83. The third-order valence-electron chi connectivity index (χ3n) is 4.85. The first-order chi connectivity index (χ1) is 15.6. The number of amides is 1. The van der Waals surface area contributed by atoms with Gasteiger partial charge in [-0.1, -0.05) is 60.7 Å². The summed E-state index contributed by atoms with van der Waals surface area (Å²) < 4.78 is 5.42. The largest absolute Gasteiger partial charge is 0.481 e. The van der Waals surface area contributed by atoms with Gasteiger partial charge in [-0.05, 0) is 23.1 Å². The molecule has 3 aromatic carbocycles. The van der Waals surface area contributed by atoms with Crippen LogP contribution in [0, 0.1) is 10.1 Å². The first kappa shape index (κ1) is 20.7. The van der Waals surface area contributed by atoms with Crippen molar-refractivity contribution in [3.63, 3.8) is 0 Å². The molecule has 0 atom stereocenters. The molecule has 0 saturated heterocycles. The third-order valence-corrected chi connectivity index (χ3v) is 4.85. The summed E-state index contributed by atoms with van der Waals surface area (Å²) in [5.74, 6) is -0.254. The van der Waals surface area contributed by atoms with Gasteiger partial charge in [-0.25, -0.2) is 10.4 Å². The number of para-hydroxylation sites is 1. The van der Waals surface area contributed by atoms with Crippen molar-refractivity contribution in [1.29, 1.82) is 0 Å². The lowest BCUT2D eigenvalue weighted by Crippen LogP contribution is -2.20. The molecule has 158 valence electrons. The number of hydrogen-bond donors (Lipinski definition) is 1. The molecule has 1 aromatic heterocycles. The van der Waals surface area contributed by atoms with Crippen molar-refractivity contribution in [2.75, 3.05) is 7.11 Å². The predicted molar refractivity (Wildman–Crippen MR) is 122 cm³/mol. The number of nitrogens with one attached hydrogen (secondary N) is 1. The normalized spacial score (nSPS) is 10.9. The highest BCUT2D eigenvalue weighted by Crippen LogP contribution is 2.35. The monoisotopic (exact) mass is 426 g/mol. The fraction of sp³-hybridized carbons (Fsp3) is 0.0417. The van der Waals surface area contributed by atoms with E-state index in [0.717, 1.165) is 16.3 Å². The summed E-state index contributed by atoms with van der Waals surface area (Å²) in [5, 5.41) is 16.7. The number of aromatic nitrogens is 1. The van der Waals surface area contributed by atoms with Crippen LogP contribution in [-0.2, 0) is 0 Å². The first-order valence-corrected chi connectivity index (χ1v) is 9.69. The van der Waals surface area contributed by atoms with Gasteiger partial charge >= 0.3 is 0 Å². The summed E-state index contributed by atoms with van der Waals surface area (Å²) in [7, 11) is 1.49. The number of nitro groups is 1. The third kappa shape index (κ3) is 4.01. The lowest BCUT2D eigenvalue weighted by atomic mass is 9.97. The van der Waals surface area contributed by atoms with Crippen molar-refractivity contribution in [2.45, 2.75) is 0 Å². The summed E-state index contributed by atoms with van der Waals surface area (Å²) in [6.07, 6.45) is 1.23. The zero-order chi connectivity index (χ0) is 22.5. The number of rotatable bonds is 6. The Labute approximate surface area is 183 Å². The van der Waals surface area contributed by atoms with Crippen LogP contribution in [0.25, 0.3) is 21.9 Å². The van der Waals surface area contributed by atoms with Gasteiger partial charge in [0.25, 0.3) is 11.6 Å². The van der Waals surface area contributed by atoms with E-state index >= 15 is 0 Å². The van der Waals surface area contributed by atoms with E-state index in [0.29, 0.717) is 11.4 Å². The standard InChI is InChI=1S/C24H18N4O4/c1-32-24-19-13-7-6-12-18(19)21(16-9-3-2-4-10-16)22(26-24)23(29)27-25-15-17-11-5-8-14-20(17)28(30)31/h2-15H,1H3,(H,27,29)/b25-15+. The zero-order valence-electron chi connectivity index (χ0n) is 17.1. The van der Waals surface area contributed by atoms with Crippen LogP contribution in [0.2, 0.25) is 0 Å². The zero-order valence-corrected chi connectivity index (χ0v) is 17.1. The van der Waals surface area contributed by atoms with E-state index in [1.54, 1.807) is 18.2 Å². The molecular formula is C24H18N4O4. The SMILES string of the molecule is COc1nc(C(=O)N/N=C/c2ccccc2[N+](=O)[O-])c(-c2ccccc2)c2ccccc12. The highest BCUT2D eigenvalue weighted by molar-refractivity contribution is 6.09. The smallest absolute Gasteiger partial charge is 0.290 e. The van der Waals surface area contributed by atoms with Gasteiger partial charge in [-0.2, -0.15) is 5.10 Å². The molecule has 1 N–H and O–H groups in total. The number of carbonyl (C=O) groups is 1. The predicted octanol–water partition coefficient (Wildman–Crippen LogP) is 4.58. The van der Waals surface area contributed by atoms with E-state index in [1.807, 2.05) is 54.6 Å². The van der Waals surface area contributed by atoms with Gasteiger partial charge in [-0.3, -0.25) is 14.9 Å². The lowest BCUT2D eigenvalue weighted by molar-refractivity contribution is -0.385. The number of hydrazone groups is 1. The highest BCUT2D eigenvalue weighted by atomic mass is 16.6. The molecule has 4 aromatic rings. The minimum absolute atomic E-state index is 0.110. The summed E-state index contributed by atoms with van der Waals surface area (Å²) in [6.45, 7) is 0. The van der Waals surface area contributed by atoms with Crippen molar-refractivity contribution in [2.24, 2.45) is 5.10 Å². The molecule has 0 aliphatic rings. The van der Waals surface area contributed by atoms with Gasteiger partial charge in [0.1, 0.15) is 5.69 Å². The minimum Gasteiger partial charge on any atom is -0.481 e. The van der Waals surface area contributed by atoms with Crippen molar-refractivity contribution in [3.8, 4) is 17.0 Å². The maximum Gasteiger partial charge on any atom is 0.290 e. The quantitative estimate of drug-likeness (QED) is 0.276. The van der Waals surface area contributed by atoms with Gasteiger partial charge in [-0.15, -0.1) is 0 Å². The Morgan fingerprint density at radius 3 is 2.38 bits per heavy atom. The van der Waals surface area contributed by atoms with Crippen molar-refractivity contribution < 1.29 is 14.5 Å². The molecule has 0 aliphatic heterocycles. The minimum atomic E-state index is -0.567.